The van der Waals surface area contributed by atoms with Gasteiger partial charge in [0.1, 0.15) is 11.3 Å². The number of para-hydroxylation sites is 1. The fraction of sp³-hybridized carbons (Fsp3) is 0.133. The van der Waals surface area contributed by atoms with Crippen LogP contribution in [0.15, 0.2) is 36.4 Å². The van der Waals surface area contributed by atoms with Gasteiger partial charge in [0, 0.05) is 5.69 Å². The molecule has 22 heavy (non-hydrogen) atoms. The number of hydrogen-bond acceptors (Lipinski definition) is 4. The largest absolute Gasteiger partial charge is 0.492 e. The Bertz CT molecular complexity index is 699. The van der Waals surface area contributed by atoms with Gasteiger partial charge in [0.15, 0.2) is 17.8 Å². The van der Waals surface area contributed by atoms with Crippen molar-refractivity contribution in [3.8, 4) is 17.2 Å². The number of anilines is 1. The number of ether oxygens (including phenoxy) is 2. The van der Waals surface area contributed by atoms with Crippen molar-refractivity contribution in [1.29, 1.82) is 0 Å². The van der Waals surface area contributed by atoms with Crippen molar-refractivity contribution in [2.24, 2.45) is 0 Å². The third-order valence-electron chi connectivity index (χ3n) is 2.87. The zero-order chi connectivity index (χ0) is 16.3. The fourth-order valence-corrected chi connectivity index (χ4v) is 1.90. The van der Waals surface area contributed by atoms with Crippen molar-refractivity contribution < 1.29 is 27.4 Å². The predicted octanol–water partition coefficient (Wildman–Crippen LogP) is 3.90. The maximum absolute atomic E-state index is 13.0. The topological polar surface area (TPSA) is 61.5 Å². The molecule has 0 saturated carbocycles. The standard InChI is InChI=1S/C15H12F3NO3/c1-21-14-9(8-20)3-2-4-13(14)22-12-6-5-10(19)7-11(12)15(16,17)18/h2-8H,19H2,1H3. The summed E-state index contributed by atoms with van der Waals surface area (Å²) in [6.45, 7) is 0. The average molecular weight is 311 g/mol. The minimum atomic E-state index is -4.62. The second kappa shape index (κ2) is 5.97. The Balaban J connectivity index is 2.50. The number of benzene rings is 2. The SMILES string of the molecule is COc1c(C=O)cccc1Oc1ccc(N)cc1C(F)(F)F. The van der Waals surface area contributed by atoms with Crippen molar-refractivity contribution in [2.45, 2.75) is 6.18 Å². The van der Waals surface area contributed by atoms with Crippen LogP contribution >= 0.6 is 0 Å². The van der Waals surface area contributed by atoms with Gasteiger partial charge in [-0.2, -0.15) is 13.2 Å². The van der Waals surface area contributed by atoms with Gasteiger partial charge in [-0.15, -0.1) is 0 Å². The molecule has 0 heterocycles. The highest BCUT2D eigenvalue weighted by atomic mass is 19.4. The van der Waals surface area contributed by atoms with Crippen LogP contribution in [0, 0.1) is 0 Å². The highest BCUT2D eigenvalue weighted by Gasteiger charge is 2.35. The Morgan fingerprint density at radius 1 is 1.14 bits per heavy atom. The van der Waals surface area contributed by atoms with Crippen molar-refractivity contribution in [2.75, 3.05) is 12.8 Å². The van der Waals surface area contributed by atoms with Crippen LogP contribution in [0.1, 0.15) is 15.9 Å². The molecular formula is C15H12F3NO3. The summed E-state index contributed by atoms with van der Waals surface area (Å²) in [4.78, 5) is 10.9. The molecule has 2 rings (SSSR count). The summed E-state index contributed by atoms with van der Waals surface area (Å²) in [5, 5.41) is 0. The molecule has 7 heteroatoms. The first-order valence-corrected chi connectivity index (χ1v) is 6.13. The molecule has 0 unspecified atom stereocenters. The van der Waals surface area contributed by atoms with Gasteiger partial charge in [-0.1, -0.05) is 6.07 Å². The Morgan fingerprint density at radius 2 is 1.86 bits per heavy atom. The van der Waals surface area contributed by atoms with Crippen molar-refractivity contribution in [1.82, 2.24) is 0 Å². The summed E-state index contributed by atoms with van der Waals surface area (Å²) < 4.78 is 49.4. The number of nitrogen functional groups attached to an aromatic ring is 1. The van der Waals surface area contributed by atoms with E-state index in [1.54, 1.807) is 0 Å². The van der Waals surface area contributed by atoms with Gasteiger partial charge in [-0.3, -0.25) is 4.79 Å². The molecule has 0 bridgehead atoms. The molecule has 0 aliphatic rings. The Hall–Kier alpha value is -2.70. The normalized spacial score (nSPS) is 11.1. The van der Waals surface area contributed by atoms with Crippen LogP contribution in [0.4, 0.5) is 18.9 Å². The van der Waals surface area contributed by atoms with Gasteiger partial charge in [0.2, 0.25) is 0 Å². The fourth-order valence-electron chi connectivity index (χ4n) is 1.90. The van der Waals surface area contributed by atoms with E-state index >= 15 is 0 Å². The molecule has 4 nitrogen and oxygen atoms in total. The number of methoxy groups -OCH3 is 1. The summed E-state index contributed by atoms with van der Waals surface area (Å²) in [6, 6.07) is 7.54. The molecule has 0 saturated heterocycles. The lowest BCUT2D eigenvalue weighted by Crippen LogP contribution is -2.08. The molecule has 0 aliphatic heterocycles. The van der Waals surface area contributed by atoms with Gasteiger partial charge < -0.3 is 15.2 Å². The molecule has 0 fully saturated rings. The number of hydrogen-bond donors (Lipinski definition) is 1. The molecule has 2 aromatic carbocycles. The lowest BCUT2D eigenvalue weighted by Gasteiger charge is -2.16. The number of carbonyl (C=O) groups is 1. The molecule has 2 aromatic rings. The minimum Gasteiger partial charge on any atom is -0.492 e. The van der Waals surface area contributed by atoms with Gasteiger partial charge in [-0.25, -0.2) is 0 Å². The molecule has 0 amide bonds. The Kier molecular flexibility index (Phi) is 4.25. The number of carbonyl (C=O) groups excluding carboxylic acids is 1. The number of halogens is 3. The summed E-state index contributed by atoms with van der Waals surface area (Å²) in [7, 11) is 1.29. The van der Waals surface area contributed by atoms with E-state index < -0.39 is 17.5 Å². The smallest absolute Gasteiger partial charge is 0.420 e. The van der Waals surface area contributed by atoms with Crippen molar-refractivity contribution in [3.63, 3.8) is 0 Å². The molecule has 0 aliphatic carbocycles. The monoisotopic (exact) mass is 311 g/mol. The van der Waals surface area contributed by atoms with Crippen molar-refractivity contribution >= 4 is 12.0 Å². The van der Waals surface area contributed by atoms with E-state index in [9.17, 15) is 18.0 Å². The highest BCUT2D eigenvalue weighted by molar-refractivity contribution is 5.81. The molecule has 116 valence electrons. The van der Waals surface area contributed by atoms with E-state index in [4.69, 9.17) is 15.2 Å². The van der Waals surface area contributed by atoms with Crippen LogP contribution < -0.4 is 15.2 Å². The van der Waals surface area contributed by atoms with Gasteiger partial charge in [-0.05, 0) is 30.3 Å². The quantitative estimate of drug-likeness (QED) is 0.687. The number of aldehydes is 1. The number of rotatable bonds is 4. The summed E-state index contributed by atoms with van der Waals surface area (Å²) in [5.74, 6) is -0.368. The van der Waals surface area contributed by atoms with Crippen LogP contribution in [0.3, 0.4) is 0 Å². The van der Waals surface area contributed by atoms with E-state index in [-0.39, 0.29) is 22.7 Å². The highest BCUT2D eigenvalue weighted by Crippen LogP contribution is 2.41. The molecule has 2 N–H and O–H groups in total. The van der Waals surface area contributed by atoms with Crippen LogP contribution in [-0.4, -0.2) is 13.4 Å². The first-order valence-electron chi connectivity index (χ1n) is 6.13. The predicted molar refractivity (Wildman–Crippen MR) is 74.3 cm³/mol. The Labute approximate surface area is 124 Å². The van der Waals surface area contributed by atoms with E-state index in [2.05, 4.69) is 0 Å². The third kappa shape index (κ3) is 3.13. The van der Waals surface area contributed by atoms with Crippen LogP contribution in [0.5, 0.6) is 17.2 Å². The number of alkyl halides is 3. The van der Waals surface area contributed by atoms with Crippen LogP contribution in [0.25, 0.3) is 0 Å². The second-order valence-electron chi connectivity index (χ2n) is 4.35. The van der Waals surface area contributed by atoms with Gasteiger partial charge in [0.25, 0.3) is 0 Å². The van der Waals surface area contributed by atoms with E-state index in [0.29, 0.717) is 6.29 Å². The van der Waals surface area contributed by atoms with E-state index in [1.165, 1.54) is 31.4 Å². The molecule has 0 radical (unpaired) electrons. The zero-order valence-electron chi connectivity index (χ0n) is 11.5. The van der Waals surface area contributed by atoms with Gasteiger partial charge >= 0.3 is 6.18 Å². The minimum absolute atomic E-state index is 0.00220. The van der Waals surface area contributed by atoms with Crippen LogP contribution in [0.2, 0.25) is 0 Å². The van der Waals surface area contributed by atoms with E-state index in [0.717, 1.165) is 12.1 Å². The summed E-state index contributed by atoms with van der Waals surface area (Å²) in [6.07, 6.45) is -4.10. The lowest BCUT2D eigenvalue weighted by molar-refractivity contribution is -0.138. The molecular weight excluding hydrogens is 299 g/mol. The maximum atomic E-state index is 13.0. The molecule has 0 aromatic heterocycles. The first kappa shape index (κ1) is 15.7. The first-order chi connectivity index (χ1) is 10.4. The van der Waals surface area contributed by atoms with Crippen LogP contribution in [-0.2, 0) is 6.18 Å². The lowest BCUT2D eigenvalue weighted by atomic mass is 10.1. The number of nitrogens with two attached hydrogens (primary N) is 1. The molecule has 0 atom stereocenters. The third-order valence-corrected chi connectivity index (χ3v) is 2.87. The molecule has 0 spiro atoms. The Morgan fingerprint density at radius 3 is 2.45 bits per heavy atom. The maximum Gasteiger partial charge on any atom is 0.420 e. The second-order valence-corrected chi connectivity index (χ2v) is 4.35. The van der Waals surface area contributed by atoms with E-state index in [1.807, 2.05) is 0 Å². The summed E-state index contributed by atoms with van der Waals surface area (Å²) in [5.41, 5.74) is 4.52. The van der Waals surface area contributed by atoms with Gasteiger partial charge in [0.05, 0.1) is 12.7 Å². The van der Waals surface area contributed by atoms with Crippen molar-refractivity contribution in [3.05, 3.63) is 47.5 Å². The average Bonchev–Trinajstić information content (AvgIpc) is 2.47. The zero-order valence-corrected chi connectivity index (χ0v) is 11.5. The summed E-state index contributed by atoms with van der Waals surface area (Å²) >= 11 is 0.